The van der Waals surface area contributed by atoms with Crippen molar-refractivity contribution < 1.29 is 14.3 Å². The molecule has 1 aliphatic heterocycles. The Hall–Kier alpha value is -2.92. The lowest BCUT2D eigenvalue weighted by molar-refractivity contribution is 0.0926. The van der Waals surface area contributed by atoms with Gasteiger partial charge in [-0.2, -0.15) is 0 Å². The molecule has 0 saturated heterocycles. The van der Waals surface area contributed by atoms with Crippen LogP contribution in [-0.4, -0.2) is 11.8 Å². The number of amides is 2. The number of anilines is 1. The van der Waals surface area contributed by atoms with E-state index in [0.29, 0.717) is 27.0 Å². The number of ether oxygens (including phenoxy) is 1. The number of carbonyl (C=O) groups is 2. The van der Waals surface area contributed by atoms with Crippen molar-refractivity contribution in [2.45, 2.75) is 0 Å². The van der Waals surface area contributed by atoms with Crippen LogP contribution in [0.5, 0.6) is 11.5 Å². The van der Waals surface area contributed by atoms with E-state index >= 15 is 0 Å². The van der Waals surface area contributed by atoms with Crippen LogP contribution in [0, 0.1) is 0 Å². The minimum Gasteiger partial charge on any atom is -0.457 e. The fourth-order valence-electron chi connectivity index (χ4n) is 2.77. The number of fused-ring (bicyclic) bond motifs is 1. The second-order valence-corrected chi connectivity index (χ2v) is 6.37. The van der Waals surface area contributed by atoms with Crippen LogP contribution in [0.3, 0.4) is 0 Å². The summed E-state index contributed by atoms with van der Waals surface area (Å²) in [7, 11) is 0. The van der Waals surface area contributed by atoms with Crippen LogP contribution in [-0.2, 0) is 0 Å². The molecule has 1 aliphatic rings. The fourth-order valence-corrected chi connectivity index (χ4v) is 3.30. The van der Waals surface area contributed by atoms with Crippen molar-refractivity contribution in [1.82, 2.24) is 0 Å². The molecular formula is C20H12BrNO3. The number of rotatable bonds is 3. The molecule has 3 aromatic carbocycles. The maximum absolute atomic E-state index is 12.6. The van der Waals surface area contributed by atoms with E-state index in [1.165, 1.54) is 4.90 Å². The Labute approximate surface area is 152 Å². The summed E-state index contributed by atoms with van der Waals surface area (Å²) in [5.74, 6) is 0.704. The third-order valence-corrected chi connectivity index (χ3v) is 4.60. The molecule has 0 radical (unpaired) electrons. The van der Waals surface area contributed by atoms with Crippen LogP contribution in [0.2, 0.25) is 0 Å². The first-order chi connectivity index (χ1) is 12.1. The van der Waals surface area contributed by atoms with Gasteiger partial charge in [-0.25, -0.2) is 4.90 Å². The van der Waals surface area contributed by atoms with Crippen molar-refractivity contribution in [2.75, 3.05) is 4.90 Å². The number of carbonyl (C=O) groups excluding carboxylic acids is 2. The Bertz CT molecular complexity index is 968. The third-order valence-electron chi connectivity index (χ3n) is 3.94. The van der Waals surface area contributed by atoms with Crippen molar-refractivity contribution in [2.24, 2.45) is 0 Å². The Kier molecular flexibility index (Phi) is 3.86. The van der Waals surface area contributed by atoms with E-state index in [-0.39, 0.29) is 11.8 Å². The van der Waals surface area contributed by atoms with E-state index in [9.17, 15) is 9.59 Å². The quantitative estimate of drug-likeness (QED) is 0.585. The molecule has 0 aliphatic carbocycles. The molecule has 0 atom stereocenters. The van der Waals surface area contributed by atoms with Gasteiger partial charge < -0.3 is 4.74 Å². The van der Waals surface area contributed by atoms with Gasteiger partial charge in [0, 0.05) is 4.47 Å². The summed E-state index contributed by atoms with van der Waals surface area (Å²) in [5, 5.41) is 0. The molecule has 2 amide bonds. The van der Waals surface area contributed by atoms with Crippen molar-refractivity contribution in [1.29, 1.82) is 0 Å². The standard InChI is InChI=1S/C20H12BrNO3/c21-17-8-4-7-16-18(17)20(24)22(19(16)23)13-9-11-15(12-10-13)25-14-5-2-1-3-6-14/h1-12H. The molecule has 0 fully saturated rings. The van der Waals surface area contributed by atoms with Gasteiger partial charge in [0.05, 0.1) is 16.8 Å². The zero-order valence-corrected chi connectivity index (χ0v) is 14.6. The SMILES string of the molecule is O=C1c2cccc(Br)c2C(=O)N1c1ccc(Oc2ccccc2)cc1. The van der Waals surface area contributed by atoms with Crippen molar-refractivity contribution in [3.8, 4) is 11.5 Å². The van der Waals surface area contributed by atoms with Gasteiger partial charge >= 0.3 is 0 Å². The normalized spacial score (nSPS) is 13.1. The Morgan fingerprint density at radius 2 is 1.40 bits per heavy atom. The lowest BCUT2D eigenvalue weighted by Crippen LogP contribution is -2.29. The minimum atomic E-state index is -0.329. The van der Waals surface area contributed by atoms with E-state index in [1.54, 1.807) is 42.5 Å². The number of hydrogen-bond acceptors (Lipinski definition) is 3. The topological polar surface area (TPSA) is 46.6 Å². The number of nitrogens with zero attached hydrogens (tertiary/aromatic N) is 1. The van der Waals surface area contributed by atoms with Gasteiger partial charge in [0.25, 0.3) is 11.8 Å². The van der Waals surface area contributed by atoms with E-state index in [0.717, 1.165) is 5.75 Å². The molecule has 3 aromatic rings. The maximum Gasteiger partial charge on any atom is 0.267 e. The van der Waals surface area contributed by atoms with Crippen molar-refractivity contribution in [3.63, 3.8) is 0 Å². The highest BCUT2D eigenvalue weighted by Crippen LogP contribution is 2.33. The summed E-state index contributed by atoms with van der Waals surface area (Å²) in [6, 6.07) is 21.4. The third kappa shape index (κ3) is 2.72. The minimum absolute atomic E-state index is 0.321. The molecule has 0 N–H and O–H groups in total. The smallest absolute Gasteiger partial charge is 0.267 e. The predicted octanol–water partition coefficient (Wildman–Crippen LogP) is 5.04. The zero-order chi connectivity index (χ0) is 17.4. The van der Waals surface area contributed by atoms with Crippen LogP contribution in [0.1, 0.15) is 20.7 Å². The number of halogens is 1. The molecule has 0 bridgehead atoms. The molecule has 0 unspecified atom stereocenters. The lowest BCUT2D eigenvalue weighted by atomic mass is 10.1. The Morgan fingerprint density at radius 1 is 0.720 bits per heavy atom. The van der Waals surface area contributed by atoms with Gasteiger partial charge in [0.1, 0.15) is 11.5 Å². The summed E-state index contributed by atoms with van der Waals surface area (Å²) < 4.78 is 6.35. The molecule has 25 heavy (non-hydrogen) atoms. The van der Waals surface area contributed by atoms with Crippen LogP contribution >= 0.6 is 15.9 Å². The second-order valence-electron chi connectivity index (χ2n) is 5.52. The van der Waals surface area contributed by atoms with Crippen LogP contribution < -0.4 is 9.64 Å². The van der Waals surface area contributed by atoms with Gasteiger partial charge in [0.2, 0.25) is 0 Å². The highest BCUT2D eigenvalue weighted by Gasteiger charge is 2.37. The second kappa shape index (κ2) is 6.18. The average molecular weight is 394 g/mol. The summed E-state index contributed by atoms with van der Waals surface area (Å²) in [4.78, 5) is 26.4. The summed E-state index contributed by atoms with van der Waals surface area (Å²) in [6.45, 7) is 0. The number of imide groups is 1. The zero-order valence-electron chi connectivity index (χ0n) is 13.0. The van der Waals surface area contributed by atoms with Gasteiger partial charge in [-0.3, -0.25) is 9.59 Å². The highest BCUT2D eigenvalue weighted by atomic mass is 79.9. The number of hydrogen-bond donors (Lipinski definition) is 0. The lowest BCUT2D eigenvalue weighted by Gasteiger charge is -2.14. The fraction of sp³-hybridized carbons (Fsp3) is 0. The number of para-hydroxylation sites is 1. The molecule has 122 valence electrons. The first-order valence-electron chi connectivity index (χ1n) is 7.65. The molecule has 4 nitrogen and oxygen atoms in total. The van der Waals surface area contributed by atoms with E-state index in [2.05, 4.69) is 15.9 Å². The van der Waals surface area contributed by atoms with Crippen LogP contribution in [0.15, 0.2) is 77.3 Å². The monoisotopic (exact) mass is 393 g/mol. The first kappa shape index (κ1) is 15.6. The van der Waals surface area contributed by atoms with Gasteiger partial charge in [-0.05, 0) is 64.5 Å². The highest BCUT2D eigenvalue weighted by molar-refractivity contribution is 9.10. The molecule has 0 aromatic heterocycles. The summed E-state index contributed by atoms with van der Waals surface area (Å²) in [6.07, 6.45) is 0. The summed E-state index contributed by atoms with van der Waals surface area (Å²) in [5.41, 5.74) is 1.32. The average Bonchev–Trinajstić information content (AvgIpc) is 2.89. The maximum atomic E-state index is 12.6. The molecule has 0 spiro atoms. The van der Waals surface area contributed by atoms with E-state index in [1.807, 2.05) is 30.3 Å². The Morgan fingerprint density at radius 3 is 2.08 bits per heavy atom. The molecular weight excluding hydrogens is 382 g/mol. The number of benzene rings is 3. The Balaban J connectivity index is 1.62. The summed E-state index contributed by atoms with van der Waals surface area (Å²) >= 11 is 3.34. The van der Waals surface area contributed by atoms with Crippen molar-refractivity contribution in [3.05, 3.63) is 88.4 Å². The molecule has 5 heteroatoms. The molecule has 0 saturated carbocycles. The molecule has 4 rings (SSSR count). The van der Waals surface area contributed by atoms with E-state index < -0.39 is 0 Å². The van der Waals surface area contributed by atoms with Gasteiger partial charge in [-0.1, -0.05) is 24.3 Å². The van der Waals surface area contributed by atoms with Gasteiger partial charge in [0.15, 0.2) is 0 Å². The molecule has 1 heterocycles. The van der Waals surface area contributed by atoms with Crippen molar-refractivity contribution >= 4 is 33.4 Å². The van der Waals surface area contributed by atoms with Gasteiger partial charge in [-0.15, -0.1) is 0 Å². The van der Waals surface area contributed by atoms with Crippen LogP contribution in [0.4, 0.5) is 5.69 Å². The van der Waals surface area contributed by atoms with E-state index in [4.69, 9.17) is 4.74 Å². The largest absolute Gasteiger partial charge is 0.457 e. The predicted molar refractivity (Wildman–Crippen MR) is 98.2 cm³/mol. The van der Waals surface area contributed by atoms with Crippen LogP contribution in [0.25, 0.3) is 0 Å². The first-order valence-corrected chi connectivity index (χ1v) is 8.45.